The third kappa shape index (κ3) is 2.28. The van der Waals surface area contributed by atoms with Gasteiger partial charge in [0.05, 0.1) is 18.8 Å². The molecule has 2 unspecified atom stereocenters. The number of ether oxygens (including phenoxy) is 2. The van der Waals surface area contributed by atoms with Crippen molar-refractivity contribution in [2.24, 2.45) is 0 Å². The Morgan fingerprint density at radius 2 is 2.29 bits per heavy atom. The molecule has 1 fully saturated rings. The van der Waals surface area contributed by atoms with Gasteiger partial charge in [0.25, 0.3) is 0 Å². The first-order valence-corrected chi connectivity index (χ1v) is 7.74. The number of hydrogen-bond donors (Lipinski definition) is 0. The first kappa shape index (κ1) is 14.6. The van der Waals surface area contributed by atoms with E-state index in [9.17, 15) is 0 Å². The number of pyridine rings is 1. The highest BCUT2D eigenvalue weighted by Gasteiger charge is 2.41. The van der Waals surface area contributed by atoms with Gasteiger partial charge in [0.2, 0.25) is 5.88 Å². The molecule has 2 atom stereocenters. The van der Waals surface area contributed by atoms with Crippen molar-refractivity contribution >= 4 is 22.8 Å². The predicted octanol–water partition coefficient (Wildman–Crippen LogP) is 2.75. The summed E-state index contributed by atoms with van der Waals surface area (Å²) >= 11 is 5.95. The molecule has 3 rings (SSSR count). The van der Waals surface area contributed by atoms with Crippen LogP contribution in [0.4, 0.5) is 0 Å². The van der Waals surface area contributed by atoms with Crippen LogP contribution in [0, 0.1) is 0 Å². The first-order chi connectivity index (χ1) is 10.1. The van der Waals surface area contributed by atoms with E-state index in [0.717, 1.165) is 30.0 Å². The average Bonchev–Trinajstić information content (AvgIpc) is 3.00. The van der Waals surface area contributed by atoms with Gasteiger partial charge in [0.15, 0.2) is 5.65 Å². The third-order valence-corrected chi connectivity index (χ3v) is 4.63. The van der Waals surface area contributed by atoms with Crippen molar-refractivity contribution in [1.29, 1.82) is 0 Å². The largest absolute Gasteiger partial charge is 0.481 e. The minimum Gasteiger partial charge on any atom is -0.481 e. The second kappa shape index (κ2) is 5.46. The fourth-order valence-corrected chi connectivity index (χ4v) is 3.18. The number of alkyl halides is 1. The van der Waals surface area contributed by atoms with Gasteiger partial charge < -0.3 is 14.0 Å². The zero-order valence-corrected chi connectivity index (χ0v) is 13.4. The molecule has 3 heterocycles. The number of imidazole rings is 1. The molecule has 0 aromatic carbocycles. The first-order valence-electron chi connectivity index (χ1n) is 7.20. The number of nitrogens with zero attached hydrogens (tertiary/aromatic N) is 3. The second-order valence-corrected chi connectivity index (χ2v) is 6.00. The lowest BCUT2D eigenvalue weighted by Gasteiger charge is -2.31. The maximum Gasteiger partial charge on any atom is 0.215 e. The van der Waals surface area contributed by atoms with Crippen molar-refractivity contribution in [3.63, 3.8) is 0 Å². The van der Waals surface area contributed by atoms with Crippen LogP contribution in [-0.4, -0.2) is 40.2 Å². The molecule has 2 aromatic heterocycles. The molecule has 2 aromatic rings. The maximum atomic E-state index is 5.95. The molecule has 5 nitrogen and oxygen atoms in total. The Kier molecular flexibility index (Phi) is 3.80. The normalized spacial score (nSPS) is 25.6. The van der Waals surface area contributed by atoms with E-state index in [1.54, 1.807) is 7.11 Å². The van der Waals surface area contributed by atoms with Gasteiger partial charge in [-0.3, -0.25) is 0 Å². The summed E-state index contributed by atoms with van der Waals surface area (Å²) in [6.45, 7) is 5.05. The monoisotopic (exact) mass is 309 g/mol. The van der Waals surface area contributed by atoms with Crippen LogP contribution in [-0.2, 0) is 16.7 Å². The molecule has 0 spiro atoms. The summed E-state index contributed by atoms with van der Waals surface area (Å²) in [5.74, 6) is 2.09. The van der Waals surface area contributed by atoms with Crippen molar-refractivity contribution < 1.29 is 9.47 Å². The molecular formula is C15H20ClN3O2. The van der Waals surface area contributed by atoms with E-state index in [1.165, 1.54) is 0 Å². The SMILES string of the molecule is COc1ccc2nc(CCCl)n(C3(C)CCOC3C)c2n1. The topological polar surface area (TPSA) is 49.2 Å². The van der Waals surface area contributed by atoms with Crippen LogP contribution in [0.25, 0.3) is 11.2 Å². The third-order valence-electron chi connectivity index (χ3n) is 4.44. The summed E-state index contributed by atoms with van der Waals surface area (Å²) in [7, 11) is 1.62. The van der Waals surface area contributed by atoms with E-state index in [4.69, 9.17) is 26.1 Å². The molecule has 0 radical (unpaired) electrons. The molecule has 1 aliphatic heterocycles. The van der Waals surface area contributed by atoms with Gasteiger partial charge >= 0.3 is 0 Å². The smallest absolute Gasteiger partial charge is 0.215 e. The molecule has 0 amide bonds. The van der Waals surface area contributed by atoms with Gasteiger partial charge in [-0.2, -0.15) is 4.98 Å². The van der Waals surface area contributed by atoms with E-state index in [2.05, 4.69) is 23.4 Å². The number of methoxy groups -OCH3 is 1. The number of fused-ring (bicyclic) bond motifs is 1. The van der Waals surface area contributed by atoms with Crippen LogP contribution in [0.15, 0.2) is 12.1 Å². The summed E-state index contributed by atoms with van der Waals surface area (Å²) in [5, 5.41) is 0. The molecule has 114 valence electrons. The summed E-state index contributed by atoms with van der Waals surface area (Å²) in [6.07, 6.45) is 1.76. The quantitative estimate of drug-likeness (QED) is 0.815. The van der Waals surface area contributed by atoms with Crippen LogP contribution in [0.5, 0.6) is 5.88 Å². The molecule has 0 N–H and O–H groups in total. The summed E-state index contributed by atoms with van der Waals surface area (Å²) in [5.41, 5.74) is 1.56. The summed E-state index contributed by atoms with van der Waals surface area (Å²) < 4.78 is 13.2. The fourth-order valence-electron chi connectivity index (χ4n) is 3.01. The molecule has 0 saturated carbocycles. The van der Waals surface area contributed by atoms with Gasteiger partial charge in [-0.15, -0.1) is 11.6 Å². The van der Waals surface area contributed by atoms with Crippen molar-refractivity contribution in [2.45, 2.75) is 38.3 Å². The minimum atomic E-state index is -0.157. The van der Waals surface area contributed by atoms with Crippen molar-refractivity contribution in [3.05, 3.63) is 18.0 Å². The standard InChI is InChI=1S/C15H20ClN3O2/c1-10-15(2,7-9-21-10)19-12(6-8-16)17-11-4-5-13(20-3)18-14(11)19/h4-5,10H,6-9H2,1-3H3. The molecule has 1 saturated heterocycles. The van der Waals surface area contributed by atoms with Crippen LogP contribution < -0.4 is 4.74 Å². The lowest BCUT2D eigenvalue weighted by atomic mass is 9.94. The number of rotatable bonds is 4. The Labute approximate surface area is 129 Å². The Balaban J connectivity index is 2.23. The number of halogens is 1. The number of hydrogen-bond acceptors (Lipinski definition) is 4. The molecular weight excluding hydrogens is 290 g/mol. The zero-order chi connectivity index (χ0) is 15.0. The Morgan fingerprint density at radius 3 is 2.90 bits per heavy atom. The van der Waals surface area contributed by atoms with E-state index in [1.807, 2.05) is 12.1 Å². The predicted molar refractivity (Wildman–Crippen MR) is 82.2 cm³/mol. The number of aryl methyl sites for hydroxylation is 1. The summed E-state index contributed by atoms with van der Waals surface area (Å²) in [4.78, 5) is 9.31. The van der Waals surface area contributed by atoms with E-state index in [-0.39, 0.29) is 11.6 Å². The van der Waals surface area contributed by atoms with E-state index in [0.29, 0.717) is 18.2 Å². The molecule has 1 aliphatic rings. The van der Waals surface area contributed by atoms with Gasteiger partial charge in [0.1, 0.15) is 11.3 Å². The highest BCUT2D eigenvalue weighted by Crippen LogP contribution is 2.37. The Bertz CT molecular complexity index is 658. The highest BCUT2D eigenvalue weighted by atomic mass is 35.5. The average molecular weight is 310 g/mol. The van der Waals surface area contributed by atoms with Crippen LogP contribution >= 0.6 is 11.6 Å². The molecule has 21 heavy (non-hydrogen) atoms. The molecule has 6 heteroatoms. The van der Waals surface area contributed by atoms with E-state index >= 15 is 0 Å². The van der Waals surface area contributed by atoms with Crippen LogP contribution in [0.3, 0.4) is 0 Å². The molecule has 0 aliphatic carbocycles. The maximum absolute atomic E-state index is 5.95. The summed E-state index contributed by atoms with van der Waals surface area (Å²) in [6, 6.07) is 3.78. The Morgan fingerprint density at radius 1 is 1.48 bits per heavy atom. The zero-order valence-electron chi connectivity index (χ0n) is 12.6. The van der Waals surface area contributed by atoms with Crippen LogP contribution in [0.1, 0.15) is 26.1 Å². The van der Waals surface area contributed by atoms with Gasteiger partial charge in [-0.05, 0) is 26.3 Å². The van der Waals surface area contributed by atoms with Gasteiger partial charge in [-0.1, -0.05) is 0 Å². The highest BCUT2D eigenvalue weighted by molar-refractivity contribution is 6.17. The van der Waals surface area contributed by atoms with Crippen LogP contribution in [0.2, 0.25) is 0 Å². The van der Waals surface area contributed by atoms with Gasteiger partial charge in [-0.25, -0.2) is 4.98 Å². The van der Waals surface area contributed by atoms with Crippen molar-refractivity contribution in [3.8, 4) is 5.88 Å². The fraction of sp³-hybridized carbons (Fsp3) is 0.600. The van der Waals surface area contributed by atoms with Crippen molar-refractivity contribution in [2.75, 3.05) is 19.6 Å². The number of aromatic nitrogens is 3. The molecule has 0 bridgehead atoms. The van der Waals surface area contributed by atoms with Crippen molar-refractivity contribution in [1.82, 2.24) is 14.5 Å². The minimum absolute atomic E-state index is 0.108. The second-order valence-electron chi connectivity index (χ2n) is 5.62. The lowest BCUT2D eigenvalue weighted by molar-refractivity contribution is 0.0762. The van der Waals surface area contributed by atoms with Gasteiger partial charge in [0, 0.05) is 25.0 Å². The Hall–Kier alpha value is -1.33. The lowest BCUT2D eigenvalue weighted by Crippen LogP contribution is -2.38. The van der Waals surface area contributed by atoms with E-state index < -0.39 is 0 Å².